The highest BCUT2D eigenvalue weighted by Crippen LogP contribution is 2.31. The van der Waals surface area contributed by atoms with Gasteiger partial charge in [0, 0.05) is 14.1 Å². The zero-order chi connectivity index (χ0) is 15.3. The van der Waals surface area contributed by atoms with E-state index in [2.05, 4.69) is 57.0 Å². The molecule has 0 aliphatic carbocycles. The van der Waals surface area contributed by atoms with Crippen LogP contribution in [0.2, 0.25) is 0 Å². The van der Waals surface area contributed by atoms with E-state index in [1.54, 1.807) is 0 Å². The van der Waals surface area contributed by atoms with Gasteiger partial charge >= 0.3 is 0 Å². The summed E-state index contributed by atoms with van der Waals surface area (Å²) in [5, 5.41) is 0. The summed E-state index contributed by atoms with van der Waals surface area (Å²) in [6.45, 7) is 11.3. The Balaban J connectivity index is 2.91. The largest absolute Gasteiger partial charge is 0.366 e. The molecule has 1 atom stereocenters. The van der Waals surface area contributed by atoms with Crippen molar-refractivity contribution in [3.05, 3.63) is 29.8 Å². The lowest BCUT2D eigenvalue weighted by Gasteiger charge is -2.23. The first-order chi connectivity index (χ1) is 9.31. The van der Waals surface area contributed by atoms with Crippen LogP contribution in [-0.2, 0) is 0 Å². The molecule has 2 nitrogen and oxygen atoms in total. The smallest absolute Gasteiger partial charge is 0.101 e. The third-order valence-electron chi connectivity index (χ3n) is 3.79. The minimum absolute atomic E-state index is 0.642. The number of aliphatic imine (C=N–C) groups is 1. The molecule has 2 heteroatoms. The monoisotopic (exact) mass is 274 g/mol. The van der Waals surface area contributed by atoms with Gasteiger partial charge in [-0.3, -0.25) is 0 Å². The minimum Gasteiger partial charge on any atom is -0.366 e. The molecule has 0 fully saturated rings. The molecule has 0 amide bonds. The fourth-order valence-corrected chi connectivity index (χ4v) is 2.38. The SMILES string of the molecule is CC(=Nc1ccc(C(CC(C)C)C(C)C)cc1)N(C)C. The van der Waals surface area contributed by atoms with E-state index in [0.29, 0.717) is 11.8 Å². The zero-order valence-corrected chi connectivity index (χ0v) is 14.1. The first kappa shape index (κ1) is 16.7. The van der Waals surface area contributed by atoms with Crippen molar-refractivity contribution in [1.82, 2.24) is 4.90 Å². The average molecular weight is 274 g/mol. The predicted molar refractivity (Wildman–Crippen MR) is 89.9 cm³/mol. The van der Waals surface area contributed by atoms with E-state index in [0.717, 1.165) is 17.4 Å². The van der Waals surface area contributed by atoms with Gasteiger partial charge in [-0.2, -0.15) is 0 Å². The van der Waals surface area contributed by atoms with Gasteiger partial charge in [-0.25, -0.2) is 4.99 Å². The molecule has 0 aliphatic heterocycles. The fourth-order valence-electron chi connectivity index (χ4n) is 2.38. The van der Waals surface area contributed by atoms with E-state index in [1.165, 1.54) is 12.0 Å². The van der Waals surface area contributed by atoms with Gasteiger partial charge in [-0.05, 0) is 48.8 Å². The molecule has 20 heavy (non-hydrogen) atoms. The van der Waals surface area contributed by atoms with Gasteiger partial charge < -0.3 is 4.90 Å². The Hall–Kier alpha value is -1.31. The summed E-state index contributed by atoms with van der Waals surface area (Å²) in [6, 6.07) is 8.76. The van der Waals surface area contributed by atoms with Gasteiger partial charge in [0.25, 0.3) is 0 Å². The Morgan fingerprint density at radius 1 is 1.05 bits per heavy atom. The number of amidine groups is 1. The molecule has 0 saturated carbocycles. The second-order valence-electron chi connectivity index (χ2n) is 6.63. The molecular weight excluding hydrogens is 244 g/mol. The fraction of sp³-hybridized carbons (Fsp3) is 0.611. The topological polar surface area (TPSA) is 15.6 Å². The Labute approximate surface area is 124 Å². The third kappa shape index (κ3) is 4.99. The zero-order valence-electron chi connectivity index (χ0n) is 14.1. The molecule has 0 heterocycles. The number of hydrogen-bond acceptors (Lipinski definition) is 1. The van der Waals surface area contributed by atoms with Gasteiger partial charge in [0.1, 0.15) is 5.84 Å². The van der Waals surface area contributed by atoms with Crippen LogP contribution >= 0.6 is 0 Å². The lowest BCUT2D eigenvalue weighted by Crippen LogP contribution is -2.17. The maximum atomic E-state index is 4.61. The van der Waals surface area contributed by atoms with Crippen LogP contribution in [0.15, 0.2) is 29.3 Å². The van der Waals surface area contributed by atoms with Crippen molar-refractivity contribution in [2.75, 3.05) is 14.1 Å². The van der Waals surface area contributed by atoms with Crippen molar-refractivity contribution >= 4 is 11.5 Å². The predicted octanol–water partition coefficient (Wildman–Crippen LogP) is 5.08. The van der Waals surface area contributed by atoms with Crippen LogP contribution in [0, 0.1) is 11.8 Å². The van der Waals surface area contributed by atoms with E-state index in [4.69, 9.17) is 0 Å². The number of hydrogen-bond donors (Lipinski definition) is 0. The number of rotatable bonds is 5. The van der Waals surface area contributed by atoms with Crippen molar-refractivity contribution in [1.29, 1.82) is 0 Å². The molecule has 0 aromatic heterocycles. The van der Waals surface area contributed by atoms with E-state index in [-0.39, 0.29) is 0 Å². The summed E-state index contributed by atoms with van der Waals surface area (Å²) < 4.78 is 0. The van der Waals surface area contributed by atoms with Gasteiger partial charge in [0.05, 0.1) is 5.69 Å². The van der Waals surface area contributed by atoms with Crippen LogP contribution in [0.1, 0.15) is 52.5 Å². The minimum atomic E-state index is 0.642. The quantitative estimate of drug-likeness (QED) is 0.540. The summed E-state index contributed by atoms with van der Waals surface area (Å²) >= 11 is 0. The van der Waals surface area contributed by atoms with Crippen molar-refractivity contribution in [3.8, 4) is 0 Å². The maximum Gasteiger partial charge on any atom is 0.101 e. The summed E-state index contributed by atoms with van der Waals surface area (Å²) in [6.07, 6.45) is 1.25. The lowest BCUT2D eigenvalue weighted by atomic mass is 9.82. The summed E-state index contributed by atoms with van der Waals surface area (Å²) in [5.74, 6) is 3.08. The van der Waals surface area contributed by atoms with Crippen molar-refractivity contribution in [2.24, 2.45) is 16.8 Å². The van der Waals surface area contributed by atoms with Crippen molar-refractivity contribution in [3.63, 3.8) is 0 Å². The van der Waals surface area contributed by atoms with Crippen molar-refractivity contribution in [2.45, 2.75) is 47.0 Å². The molecule has 0 saturated heterocycles. The summed E-state index contributed by atoms with van der Waals surface area (Å²) in [5.41, 5.74) is 2.47. The Morgan fingerprint density at radius 2 is 1.60 bits per heavy atom. The molecule has 1 unspecified atom stereocenters. The van der Waals surface area contributed by atoms with Crippen LogP contribution in [0.5, 0.6) is 0 Å². The van der Waals surface area contributed by atoms with E-state index in [1.807, 2.05) is 25.9 Å². The second-order valence-corrected chi connectivity index (χ2v) is 6.63. The number of benzene rings is 1. The molecule has 0 aliphatic rings. The summed E-state index contributed by atoms with van der Waals surface area (Å²) in [7, 11) is 4.04. The van der Waals surface area contributed by atoms with Crippen LogP contribution in [-0.4, -0.2) is 24.8 Å². The molecule has 112 valence electrons. The highest BCUT2D eigenvalue weighted by Gasteiger charge is 2.17. The van der Waals surface area contributed by atoms with Gasteiger partial charge in [-0.15, -0.1) is 0 Å². The van der Waals surface area contributed by atoms with Gasteiger partial charge in [0.15, 0.2) is 0 Å². The van der Waals surface area contributed by atoms with Crippen LogP contribution in [0.3, 0.4) is 0 Å². The Kier molecular flexibility index (Phi) is 6.25. The molecule has 1 aromatic carbocycles. The van der Waals surface area contributed by atoms with Crippen LogP contribution in [0.4, 0.5) is 5.69 Å². The average Bonchev–Trinajstić information content (AvgIpc) is 2.36. The van der Waals surface area contributed by atoms with Gasteiger partial charge in [-0.1, -0.05) is 39.8 Å². The highest BCUT2D eigenvalue weighted by atomic mass is 15.1. The molecule has 0 radical (unpaired) electrons. The Bertz CT molecular complexity index is 427. The standard InChI is InChI=1S/C18H30N2/c1-13(2)12-18(14(3)4)16-8-10-17(11-9-16)19-15(5)20(6)7/h8-11,13-14,18H,12H2,1-7H3. The molecule has 0 N–H and O–H groups in total. The molecule has 1 rings (SSSR count). The molecule has 1 aromatic rings. The number of nitrogens with zero attached hydrogens (tertiary/aromatic N) is 2. The molecular formula is C18H30N2. The third-order valence-corrected chi connectivity index (χ3v) is 3.79. The second kappa shape index (κ2) is 7.47. The lowest BCUT2D eigenvalue weighted by molar-refractivity contribution is 0.408. The first-order valence-electron chi connectivity index (χ1n) is 7.63. The molecule has 0 bridgehead atoms. The summed E-state index contributed by atoms with van der Waals surface area (Å²) in [4.78, 5) is 6.64. The van der Waals surface area contributed by atoms with Gasteiger partial charge in [0.2, 0.25) is 0 Å². The van der Waals surface area contributed by atoms with E-state index in [9.17, 15) is 0 Å². The normalized spacial score (nSPS) is 13.9. The molecule has 0 spiro atoms. The van der Waals surface area contributed by atoms with Crippen molar-refractivity contribution < 1.29 is 0 Å². The maximum absolute atomic E-state index is 4.61. The van der Waals surface area contributed by atoms with Crippen LogP contribution < -0.4 is 0 Å². The highest BCUT2D eigenvalue weighted by molar-refractivity contribution is 5.81. The first-order valence-corrected chi connectivity index (χ1v) is 7.63. The Morgan fingerprint density at radius 3 is 2.00 bits per heavy atom. The van der Waals surface area contributed by atoms with Crippen LogP contribution in [0.25, 0.3) is 0 Å². The van der Waals surface area contributed by atoms with E-state index >= 15 is 0 Å². The van der Waals surface area contributed by atoms with E-state index < -0.39 is 0 Å².